The van der Waals surface area contributed by atoms with E-state index < -0.39 is 0 Å². The van der Waals surface area contributed by atoms with Crippen LogP contribution in [0.2, 0.25) is 0 Å². The van der Waals surface area contributed by atoms with E-state index in [9.17, 15) is 5.11 Å². The summed E-state index contributed by atoms with van der Waals surface area (Å²) in [6.45, 7) is 0. The smallest absolute Gasteiger partial charge is 0.153 e. The number of nitrogens with zero attached hydrogens (tertiary/aromatic N) is 3. The van der Waals surface area contributed by atoms with Crippen molar-refractivity contribution in [2.24, 2.45) is 0 Å². The predicted molar refractivity (Wildman–Crippen MR) is 104 cm³/mol. The molecule has 0 bridgehead atoms. The lowest BCUT2D eigenvalue weighted by molar-refractivity contribution is 0.456. The molecule has 5 heteroatoms. The first-order valence-corrected chi connectivity index (χ1v) is 8.55. The topological polar surface area (TPSA) is 59.7 Å². The van der Waals surface area contributed by atoms with E-state index in [-0.39, 0.29) is 5.75 Å². The Balaban J connectivity index is 1.64. The maximum absolute atomic E-state index is 9.67. The summed E-state index contributed by atoms with van der Waals surface area (Å²) in [7, 11) is 0. The molecule has 5 rings (SSSR count). The second-order valence-corrected chi connectivity index (χ2v) is 6.25. The van der Waals surface area contributed by atoms with Gasteiger partial charge in [-0.05, 0) is 30.3 Å². The van der Waals surface area contributed by atoms with Crippen molar-refractivity contribution >= 4 is 16.4 Å². The zero-order valence-electron chi connectivity index (χ0n) is 14.3. The summed E-state index contributed by atoms with van der Waals surface area (Å²) in [4.78, 5) is 8.74. The SMILES string of the molecule is Oc1cccc(Oc2cncc3ccc(-c4cnc5ccccn45)cc23)c1. The minimum atomic E-state index is 0.159. The van der Waals surface area contributed by atoms with Crippen molar-refractivity contribution < 1.29 is 9.84 Å². The number of rotatable bonds is 3. The molecule has 1 N–H and O–H groups in total. The van der Waals surface area contributed by atoms with Crippen molar-refractivity contribution in [1.29, 1.82) is 0 Å². The third-order valence-electron chi connectivity index (χ3n) is 4.48. The van der Waals surface area contributed by atoms with E-state index in [1.807, 2.05) is 42.9 Å². The van der Waals surface area contributed by atoms with E-state index in [0.717, 1.165) is 27.7 Å². The average molecular weight is 353 g/mol. The first-order valence-electron chi connectivity index (χ1n) is 8.55. The molecule has 27 heavy (non-hydrogen) atoms. The van der Waals surface area contributed by atoms with Gasteiger partial charge in [-0.3, -0.25) is 9.38 Å². The zero-order valence-corrected chi connectivity index (χ0v) is 14.3. The molecule has 0 saturated carbocycles. The number of ether oxygens (including phenoxy) is 1. The van der Waals surface area contributed by atoms with Crippen LogP contribution >= 0.6 is 0 Å². The molecule has 130 valence electrons. The molecule has 0 fully saturated rings. The molecule has 5 nitrogen and oxygen atoms in total. The van der Waals surface area contributed by atoms with E-state index >= 15 is 0 Å². The normalized spacial score (nSPS) is 11.1. The molecule has 0 amide bonds. The number of hydrogen-bond donors (Lipinski definition) is 1. The molecule has 0 unspecified atom stereocenters. The minimum absolute atomic E-state index is 0.159. The van der Waals surface area contributed by atoms with Gasteiger partial charge in [0.1, 0.15) is 17.1 Å². The van der Waals surface area contributed by atoms with Gasteiger partial charge < -0.3 is 9.84 Å². The van der Waals surface area contributed by atoms with Crippen LogP contribution in [0.5, 0.6) is 17.2 Å². The summed E-state index contributed by atoms with van der Waals surface area (Å²) in [6, 6.07) is 18.8. The van der Waals surface area contributed by atoms with Crippen LogP contribution in [0.3, 0.4) is 0 Å². The predicted octanol–water partition coefficient (Wildman–Crippen LogP) is 5.05. The van der Waals surface area contributed by atoms with Gasteiger partial charge in [-0.15, -0.1) is 0 Å². The highest BCUT2D eigenvalue weighted by Gasteiger charge is 2.10. The number of benzene rings is 2. The molecule has 5 aromatic rings. The van der Waals surface area contributed by atoms with E-state index in [0.29, 0.717) is 11.5 Å². The van der Waals surface area contributed by atoms with Crippen molar-refractivity contribution in [3.63, 3.8) is 0 Å². The number of aromatic nitrogens is 3. The Morgan fingerprint density at radius 3 is 2.78 bits per heavy atom. The van der Waals surface area contributed by atoms with Crippen molar-refractivity contribution in [2.75, 3.05) is 0 Å². The molecule has 3 aromatic heterocycles. The van der Waals surface area contributed by atoms with Crippen LogP contribution in [0.15, 0.2) is 85.5 Å². The highest BCUT2D eigenvalue weighted by atomic mass is 16.5. The molecule has 3 heterocycles. The van der Waals surface area contributed by atoms with Gasteiger partial charge in [0.15, 0.2) is 5.75 Å². The van der Waals surface area contributed by atoms with Crippen LogP contribution in [0, 0.1) is 0 Å². The summed E-state index contributed by atoms with van der Waals surface area (Å²) in [5.41, 5.74) is 2.94. The summed E-state index contributed by atoms with van der Waals surface area (Å²) >= 11 is 0. The number of aromatic hydroxyl groups is 1. The van der Waals surface area contributed by atoms with E-state index in [1.54, 1.807) is 30.5 Å². The number of phenolic OH excluding ortho intramolecular Hbond substituents is 1. The largest absolute Gasteiger partial charge is 0.508 e. The van der Waals surface area contributed by atoms with E-state index in [1.165, 1.54) is 0 Å². The van der Waals surface area contributed by atoms with Crippen molar-refractivity contribution in [1.82, 2.24) is 14.4 Å². The van der Waals surface area contributed by atoms with Crippen LogP contribution in [0.25, 0.3) is 27.7 Å². The highest BCUT2D eigenvalue weighted by Crippen LogP contribution is 2.33. The second-order valence-electron chi connectivity index (χ2n) is 6.25. The van der Waals surface area contributed by atoms with Gasteiger partial charge in [-0.2, -0.15) is 0 Å². The van der Waals surface area contributed by atoms with Crippen LogP contribution in [0.1, 0.15) is 0 Å². The van der Waals surface area contributed by atoms with Crippen molar-refractivity contribution in [2.45, 2.75) is 0 Å². The minimum Gasteiger partial charge on any atom is -0.508 e. The van der Waals surface area contributed by atoms with Gasteiger partial charge in [-0.1, -0.05) is 24.3 Å². The molecule has 0 saturated heterocycles. The van der Waals surface area contributed by atoms with E-state index in [2.05, 4.69) is 26.5 Å². The van der Waals surface area contributed by atoms with Crippen LogP contribution in [-0.4, -0.2) is 19.5 Å². The standard InChI is InChI=1S/C22H15N3O2/c26-17-4-3-5-18(11-17)27-21-14-23-12-16-8-7-15(10-19(16)21)20-13-24-22-6-1-2-9-25(20)22/h1-14,26H. The molecule has 0 spiro atoms. The monoisotopic (exact) mass is 353 g/mol. The highest BCUT2D eigenvalue weighted by molar-refractivity contribution is 5.91. The fourth-order valence-electron chi connectivity index (χ4n) is 3.20. The molecule has 0 aliphatic carbocycles. The number of imidazole rings is 1. The maximum atomic E-state index is 9.67. The summed E-state index contributed by atoms with van der Waals surface area (Å²) in [5, 5.41) is 11.6. The van der Waals surface area contributed by atoms with Gasteiger partial charge in [0, 0.05) is 34.8 Å². The van der Waals surface area contributed by atoms with Crippen LogP contribution < -0.4 is 4.74 Å². The van der Waals surface area contributed by atoms with Gasteiger partial charge in [-0.25, -0.2) is 4.98 Å². The maximum Gasteiger partial charge on any atom is 0.153 e. The van der Waals surface area contributed by atoms with E-state index in [4.69, 9.17) is 4.74 Å². The van der Waals surface area contributed by atoms with Crippen LogP contribution in [0.4, 0.5) is 0 Å². The molecule has 0 atom stereocenters. The molecule has 0 radical (unpaired) electrons. The summed E-state index contributed by atoms with van der Waals surface area (Å²) in [6.07, 6.45) is 7.36. The first kappa shape index (κ1) is 15.4. The zero-order chi connectivity index (χ0) is 18.2. The third-order valence-corrected chi connectivity index (χ3v) is 4.48. The Bertz CT molecular complexity index is 1280. The lowest BCUT2D eigenvalue weighted by atomic mass is 10.1. The molecular formula is C22H15N3O2. The molecule has 2 aromatic carbocycles. The van der Waals surface area contributed by atoms with Gasteiger partial charge in [0.05, 0.1) is 18.1 Å². The van der Waals surface area contributed by atoms with Crippen LogP contribution in [-0.2, 0) is 0 Å². The second kappa shape index (κ2) is 6.14. The Hall–Kier alpha value is -3.86. The lowest BCUT2D eigenvalue weighted by Crippen LogP contribution is -1.90. The number of fused-ring (bicyclic) bond motifs is 2. The molecule has 0 aliphatic heterocycles. The molecular weight excluding hydrogens is 338 g/mol. The van der Waals surface area contributed by atoms with Gasteiger partial charge in [0.25, 0.3) is 0 Å². The lowest BCUT2D eigenvalue weighted by Gasteiger charge is -2.10. The average Bonchev–Trinajstić information content (AvgIpc) is 3.12. The number of phenols is 1. The fraction of sp³-hybridized carbons (Fsp3) is 0. The summed E-state index contributed by atoms with van der Waals surface area (Å²) in [5.74, 6) is 1.35. The van der Waals surface area contributed by atoms with Gasteiger partial charge >= 0.3 is 0 Å². The Labute approximate surface area is 155 Å². The van der Waals surface area contributed by atoms with Gasteiger partial charge in [0.2, 0.25) is 0 Å². The van der Waals surface area contributed by atoms with Crippen molar-refractivity contribution in [3.05, 3.63) is 85.5 Å². The molecule has 0 aliphatic rings. The Kier molecular flexibility index (Phi) is 3.50. The Morgan fingerprint density at radius 1 is 0.889 bits per heavy atom. The fourth-order valence-corrected chi connectivity index (χ4v) is 3.20. The first-order chi connectivity index (χ1) is 13.3. The number of pyridine rings is 2. The van der Waals surface area contributed by atoms with Crippen molar-refractivity contribution in [3.8, 4) is 28.5 Å². The quantitative estimate of drug-likeness (QED) is 0.493. The third kappa shape index (κ3) is 2.75. The Morgan fingerprint density at radius 2 is 1.85 bits per heavy atom. The summed E-state index contributed by atoms with van der Waals surface area (Å²) < 4.78 is 8.04. The number of hydrogen-bond acceptors (Lipinski definition) is 4.